The maximum Gasteiger partial charge on any atom is 0.314 e. The molecule has 0 unspecified atom stereocenters. The van der Waals surface area contributed by atoms with Crippen molar-refractivity contribution in [2.45, 2.75) is 38.0 Å². The molecule has 1 aliphatic carbocycles. The quantitative estimate of drug-likeness (QED) is 0.892. The Balaban J connectivity index is 2.30. The van der Waals surface area contributed by atoms with Crippen molar-refractivity contribution in [1.29, 1.82) is 0 Å². The van der Waals surface area contributed by atoms with Crippen LogP contribution >= 0.6 is 0 Å². The molecule has 4 heteroatoms. The Labute approximate surface area is 105 Å². The number of benzene rings is 1. The van der Waals surface area contributed by atoms with Crippen molar-refractivity contribution in [3.8, 4) is 0 Å². The molecule has 0 aliphatic heterocycles. The van der Waals surface area contributed by atoms with Gasteiger partial charge < -0.3 is 5.11 Å². The molecule has 98 valence electrons. The summed E-state index contributed by atoms with van der Waals surface area (Å²) in [6, 6.07) is 3.14. The zero-order valence-corrected chi connectivity index (χ0v) is 10.2. The van der Waals surface area contributed by atoms with E-state index in [0.717, 1.165) is 25.0 Å². The summed E-state index contributed by atoms with van der Waals surface area (Å²) in [4.78, 5) is 11.4. The van der Waals surface area contributed by atoms with Gasteiger partial charge in [0.2, 0.25) is 0 Å². The summed E-state index contributed by atoms with van der Waals surface area (Å²) in [7, 11) is 0. The molecule has 1 aromatic rings. The van der Waals surface area contributed by atoms with E-state index in [-0.39, 0.29) is 5.56 Å². The lowest BCUT2D eigenvalue weighted by atomic mass is 9.57. The molecule has 0 amide bonds. The lowest BCUT2D eigenvalue weighted by molar-refractivity contribution is -0.150. The Morgan fingerprint density at radius 1 is 1.44 bits per heavy atom. The molecule has 1 aromatic carbocycles. The Bertz CT molecular complexity index is 465. The Kier molecular flexibility index (Phi) is 3.37. The van der Waals surface area contributed by atoms with Crippen molar-refractivity contribution in [1.82, 2.24) is 0 Å². The SMILES string of the molecule is CCCC1CC(C(=O)O)(c2ccc(F)cc2F)C1. The second-order valence-electron chi connectivity index (χ2n) is 5.07. The minimum atomic E-state index is -1.16. The Hall–Kier alpha value is -1.45. The standard InChI is InChI=1S/C14H16F2O2/c1-2-3-9-7-14(8-9,13(17)18)11-5-4-10(15)6-12(11)16/h4-6,9H,2-3,7-8H2,1H3,(H,17,18). The predicted molar refractivity (Wildman–Crippen MR) is 63.3 cm³/mol. The summed E-state index contributed by atoms with van der Waals surface area (Å²) in [5.74, 6) is -2.12. The third-order valence-corrected chi connectivity index (χ3v) is 3.83. The van der Waals surface area contributed by atoms with Crippen molar-refractivity contribution in [3.63, 3.8) is 0 Å². The van der Waals surface area contributed by atoms with Crippen LogP contribution in [0.4, 0.5) is 8.78 Å². The topological polar surface area (TPSA) is 37.3 Å². The zero-order chi connectivity index (χ0) is 13.3. The molecule has 2 nitrogen and oxygen atoms in total. The molecule has 0 radical (unpaired) electrons. The second-order valence-corrected chi connectivity index (χ2v) is 5.07. The van der Waals surface area contributed by atoms with Crippen molar-refractivity contribution in [3.05, 3.63) is 35.4 Å². The van der Waals surface area contributed by atoms with Crippen LogP contribution in [0.3, 0.4) is 0 Å². The van der Waals surface area contributed by atoms with E-state index in [1.807, 2.05) is 6.92 Å². The molecule has 1 saturated carbocycles. The van der Waals surface area contributed by atoms with Gasteiger partial charge in [-0.25, -0.2) is 8.78 Å². The lowest BCUT2D eigenvalue weighted by Gasteiger charge is -2.45. The maximum absolute atomic E-state index is 13.7. The molecule has 1 N–H and O–H groups in total. The summed E-state index contributed by atoms with van der Waals surface area (Å²) in [6.07, 6.45) is 2.83. The van der Waals surface area contributed by atoms with Crippen LogP contribution in [-0.2, 0) is 10.2 Å². The number of carboxylic acids is 1. The van der Waals surface area contributed by atoms with Crippen LogP contribution in [0.5, 0.6) is 0 Å². The van der Waals surface area contributed by atoms with Crippen LogP contribution in [-0.4, -0.2) is 11.1 Å². The van der Waals surface area contributed by atoms with Gasteiger partial charge in [0.15, 0.2) is 0 Å². The molecule has 0 saturated heterocycles. The molecule has 18 heavy (non-hydrogen) atoms. The van der Waals surface area contributed by atoms with E-state index < -0.39 is 23.0 Å². The van der Waals surface area contributed by atoms with Crippen molar-refractivity contribution in [2.24, 2.45) is 5.92 Å². The van der Waals surface area contributed by atoms with Gasteiger partial charge in [0.1, 0.15) is 11.6 Å². The first kappa shape index (κ1) is 13.0. The van der Waals surface area contributed by atoms with Gasteiger partial charge >= 0.3 is 5.97 Å². The van der Waals surface area contributed by atoms with Crippen LogP contribution in [0.2, 0.25) is 0 Å². The first-order valence-electron chi connectivity index (χ1n) is 6.18. The molecule has 0 bridgehead atoms. The molecule has 0 heterocycles. The number of hydrogen-bond donors (Lipinski definition) is 1. The third-order valence-electron chi connectivity index (χ3n) is 3.83. The van der Waals surface area contributed by atoms with Crippen LogP contribution in [0.15, 0.2) is 18.2 Å². The van der Waals surface area contributed by atoms with Crippen LogP contribution < -0.4 is 0 Å². The fourth-order valence-electron chi connectivity index (χ4n) is 2.93. The highest BCUT2D eigenvalue weighted by Crippen LogP contribution is 2.50. The summed E-state index contributed by atoms with van der Waals surface area (Å²) in [5.41, 5.74) is -1.04. The molecule has 2 rings (SSSR count). The van der Waals surface area contributed by atoms with Crippen molar-refractivity contribution >= 4 is 5.97 Å². The van der Waals surface area contributed by atoms with Crippen LogP contribution in [0.1, 0.15) is 38.2 Å². The van der Waals surface area contributed by atoms with E-state index >= 15 is 0 Å². The fourth-order valence-corrected chi connectivity index (χ4v) is 2.93. The first-order chi connectivity index (χ1) is 8.49. The minimum absolute atomic E-state index is 0.115. The maximum atomic E-state index is 13.7. The van der Waals surface area contributed by atoms with Crippen LogP contribution in [0, 0.1) is 17.6 Å². The van der Waals surface area contributed by atoms with E-state index in [1.54, 1.807) is 0 Å². The molecule has 1 aliphatic rings. The smallest absolute Gasteiger partial charge is 0.314 e. The molecular weight excluding hydrogens is 238 g/mol. The highest BCUT2D eigenvalue weighted by molar-refractivity contribution is 5.82. The van der Waals surface area contributed by atoms with Gasteiger partial charge in [-0.05, 0) is 24.8 Å². The number of carboxylic acid groups (broad SMARTS) is 1. The third kappa shape index (κ3) is 2.00. The van der Waals surface area contributed by atoms with E-state index in [2.05, 4.69) is 0 Å². The van der Waals surface area contributed by atoms with E-state index in [4.69, 9.17) is 0 Å². The second kappa shape index (κ2) is 4.67. The van der Waals surface area contributed by atoms with Gasteiger partial charge in [0.25, 0.3) is 0 Å². The number of halogens is 2. The highest BCUT2D eigenvalue weighted by atomic mass is 19.1. The summed E-state index contributed by atoms with van der Waals surface area (Å²) >= 11 is 0. The molecule has 0 aromatic heterocycles. The van der Waals surface area contributed by atoms with Gasteiger partial charge in [-0.2, -0.15) is 0 Å². The van der Waals surface area contributed by atoms with E-state index in [0.29, 0.717) is 18.8 Å². The van der Waals surface area contributed by atoms with Crippen LogP contribution in [0.25, 0.3) is 0 Å². The van der Waals surface area contributed by atoms with E-state index in [1.165, 1.54) is 6.07 Å². The number of rotatable bonds is 4. The number of hydrogen-bond acceptors (Lipinski definition) is 1. The van der Waals surface area contributed by atoms with Gasteiger partial charge in [-0.1, -0.05) is 25.8 Å². The normalized spacial score (nSPS) is 26.7. The number of carbonyl (C=O) groups is 1. The average Bonchev–Trinajstić information content (AvgIpc) is 2.23. The van der Waals surface area contributed by atoms with Crippen molar-refractivity contribution in [2.75, 3.05) is 0 Å². The largest absolute Gasteiger partial charge is 0.481 e. The zero-order valence-electron chi connectivity index (χ0n) is 10.2. The van der Waals surface area contributed by atoms with Crippen molar-refractivity contribution < 1.29 is 18.7 Å². The van der Waals surface area contributed by atoms with Gasteiger partial charge in [0.05, 0.1) is 5.41 Å². The van der Waals surface area contributed by atoms with Gasteiger partial charge in [0, 0.05) is 11.6 Å². The average molecular weight is 254 g/mol. The highest BCUT2D eigenvalue weighted by Gasteiger charge is 2.52. The lowest BCUT2D eigenvalue weighted by Crippen LogP contribution is -2.48. The predicted octanol–water partition coefficient (Wildman–Crippen LogP) is 3.50. The summed E-state index contributed by atoms with van der Waals surface area (Å²) in [5, 5.41) is 9.36. The van der Waals surface area contributed by atoms with E-state index in [9.17, 15) is 18.7 Å². The number of aliphatic carboxylic acids is 1. The monoisotopic (exact) mass is 254 g/mol. The van der Waals surface area contributed by atoms with Gasteiger partial charge in [-0.3, -0.25) is 4.79 Å². The summed E-state index contributed by atoms with van der Waals surface area (Å²) in [6.45, 7) is 2.04. The molecule has 0 atom stereocenters. The fraction of sp³-hybridized carbons (Fsp3) is 0.500. The minimum Gasteiger partial charge on any atom is -0.481 e. The Morgan fingerprint density at radius 2 is 2.11 bits per heavy atom. The molecule has 1 fully saturated rings. The Morgan fingerprint density at radius 3 is 2.61 bits per heavy atom. The summed E-state index contributed by atoms with van der Waals surface area (Å²) < 4.78 is 26.6. The molecule has 0 spiro atoms. The molecular formula is C14H16F2O2. The van der Waals surface area contributed by atoms with Gasteiger partial charge in [-0.15, -0.1) is 0 Å². The first-order valence-corrected chi connectivity index (χ1v) is 6.18.